The fourth-order valence-corrected chi connectivity index (χ4v) is 1.50. The summed E-state index contributed by atoms with van der Waals surface area (Å²) in [5.41, 5.74) is 8.06. The molecule has 0 aliphatic heterocycles. The minimum Gasteiger partial charge on any atom is -0.458 e. The molecule has 2 aromatic rings. The first kappa shape index (κ1) is 7.52. The predicted octanol–water partition coefficient (Wildman–Crippen LogP) is 1.86. The van der Waals surface area contributed by atoms with Crippen molar-refractivity contribution in [1.29, 1.82) is 0 Å². The summed E-state index contributed by atoms with van der Waals surface area (Å²) in [5.74, 6) is 1.58. The molecule has 12 heavy (non-hydrogen) atoms. The molecule has 0 spiro atoms. The van der Waals surface area contributed by atoms with E-state index in [1.807, 2.05) is 17.5 Å². The van der Waals surface area contributed by atoms with Crippen molar-refractivity contribution in [2.75, 3.05) is 0 Å². The van der Waals surface area contributed by atoms with Crippen LogP contribution in [0, 0.1) is 0 Å². The lowest BCUT2D eigenvalue weighted by atomic mass is 10.3. The number of furan rings is 1. The van der Waals surface area contributed by atoms with Gasteiger partial charge in [-0.2, -0.15) is 0 Å². The Labute approximate surface area is 73.8 Å². The summed E-state index contributed by atoms with van der Waals surface area (Å²) in [5, 5.41) is 1.94. The van der Waals surface area contributed by atoms with Gasteiger partial charge in [-0.05, 0) is 12.1 Å². The number of nitrogens with zero attached hydrogens (tertiary/aromatic N) is 1. The molecule has 0 radical (unpaired) electrons. The van der Waals surface area contributed by atoms with E-state index in [1.165, 1.54) is 0 Å². The van der Waals surface area contributed by atoms with Crippen LogP contribution in [0.25, 0.3) is 11.5 Å². The van der Waals surface area contributed by atoms with Crippen LogP contribution < -0.4 is 5.73 Å². The van der Waals surface area contributed by atoms with Crippen LogP contribution in [0.3, 0.4) is 0 Å². The van der Waals surface area contributed by atoms with E-state index in [0.717, 1.165) is 17.2 Å². The third-order valence-corrected chi connectivity index (χ3v) is 2.13. The molecule has 0 saturated carbocycles. The first-order chi connectivity index (χ1) is 5.90. The molecule has 2 N–H and O–H groups in total. The number of hydrogen-bond donors (Lipinski definition) is 1. The van der Waals surface area contributed by atoms with E-state index in [2.05, 4.69) is 4.98 Å². The lowest BCUT2D eigenvalue weighted by Gasteiger charge is -1.88. The lowest BCUT2D eigenvalue weighted by molar-refractivity contribution is 0.524. The highest BCUT2D eigenvalue weighted by molar-refractivity contribution is 7.07. The highest BCUT2D eigenvalue weighted by Crippen LogP contribution is 2.21. The Bertz CT molecular complexity index is 353. The van der Waals surface area contributed by atoms with Crippen LogP contribution in [0.2, 0.25) is 0 Å². The Hall–Kier alpha value is -1.13. The van der Waals surface area contributed by atoms with Crippen molar-refractivity contribution >= 4 is 11.3 Å². The van der Waals surface area contributed by atoms with E-state index in [0.29, 0.717) is 6.54 Å². The molecule has 2 aromatic heterocycles. The molecule has 0 aliphatic rings. The Morgan fingerprint density at radius 3 is 3.00 bits per heavy atom. The summed E-state index contributed by atoms with van der Waals surface area (Å²) in [7, 11) is 0. The van der Waals surface area contributed by atoms with Gasteiger partial charge >= 0.3 is 0 Å². The highest BCUT2D eigenvalue weighted by Gasteiger charge is 2.04. The second-order valence-electron chi connectivity index (χ2n) is 2.34. The maximum absolute atomic E-state index is 5.40. The van der Waals surface area contributed by atoms with Gasteiger partial charge < -0.3 is 10.2 Å². The Balaban J connectivity index is 2.35. The van der Waals surface area contributed by atoms with Gasteiger partial charge in [0.15, 0.2) is 5.76 Å². The quantitative estimate of drug-likeness (QED) is 0.767. The van der Waals surface area contributed by atoms with Gasteiger partial charge in [0.2, 0.25) is 0 Å². The molecule has 0 fully saturated rings. The molecule has 3 nitrogen and oxygen atoms in total. The van der Waals surface area contributed by atoms with Crippen LogP contribution in [-0.2, 0) is 6.54 Å². The van der Waals surface area contributed by atoms with Crippen molar-refractivity contribution in [3.63, 3.8) is 0 Å². The average molecular weight is 180 g/mol. The van der Waals surface area contributed by atoms with Gasteiger partial charge in [-0.1, -0.05) is 0 Å². The van der Waals surface area contributed by atoms with Gasteiger partial charge in [-0.15, -0.1) is 11.3 Å². The Morgan fingerprint density at radius 2 is 2.42 bits per heavy atom. The average Bonchev–Trinajstić information content (AvgIpc) is 2.75. The van der Waals surface area contributed by atoms with Gasteiger partial charge in [-0.3, -0.25) is 0 Å². The zero-order chi connectivity index (χ0) is 8.39. The zero-order valence-electron chi connectivity index (χ0n) is 6.36. The van der Waals surface area contributed by atoms with Gasteiger partial charge in [0.05, 0.1) is 12.1 Å². The number of rotatable bonds is 2. The number of hydrogen-bond acceptors (Lipinski definition) is 4. The maximum atomic E-state index is 5.40. The summed E-state index contributed by atoms with van der Waals surface area (Å²) < 4.78 is 5.40. The molecular weight excluding hydrogens is 172 g/mol. The van der Waals surface area contributed by atoms with Gasteiger partial charge in [0.1, 0.15) is 11.5 Å². The summed E-state index contributed by atoms with van der Waals surface area (Å²) in [4.78, 5) is 4.12. The number of thiazole rings is 1. The van der Waals surface area contributed by atoms with Crippen LogP contribution in [-0.4, -0.2) is 4.98 Å². The molecule has 0 atom stereocenters. The Kier molecular flexibility index (Phi) is 1.93. The maximum Gasteiger partial charge on any atom is 0.153 e. The third-order valence-electron chi connectivity index (χ3n) is 1.55. The molecule has 0 aliphatic carbocycles. The minimum atomic E-state index is 0.435. The van der Waals surface area contributed by atoms with Gasteiger partial charge in [0, 0.05) is 5.38 Å². The third kappa shape index (κ3) is 1.26. The van der Waals surface area contributed by atoms with Crippen LogP contribution >= 0.6 is 11.3 Å². The second-order valence-corrected chi connectivity index (χ2v) is 3.06. The zero-order valence-corrected chi connectivity index (χ0v) is 7.17. The minimum absolute atomic E-state index is 0.435. The van der Waals surface area contributed by atoms with Crippen molar-refractivity contribution in [2.45, 2.75) is 6.54 Å². The van der Waals surface area contributed by atoms with E-state index < -0.39 is 0 Å². The molecule has 0 saturated heterocycles. The molecular formula is C8H8N2OS. The van der Waals surface area contributed by atoms with Crippen molar-refractivity contribution < 1.29 is 4.42 Å². The van der Waals surface area contributed by atoms with Crippen molar-refractivity contribution in [1.82, 2.24) is 4.98 Å². The molecule has 4 heteroatoms. The van der Waals surface area contributed by atoms with E-state index in [1.54, 1.807) is 16.8 Å². The first-order valence-corrected chi connectivity index (χ1v) is 4.52. The largest absolute Gasteiger partial charge is 0.458 e. The smallest absolute Gasteiger partial charge is 0.153 e. The predicted molar refractivity (Wildman–Crippen MR) is 47.7 cm³/mol. The van der Waals surface area contributed by atoms with E-state index in [4.69, 9.17) is 10.2 Å². The number of nitrogens with two attached hydrogens (primary N) is 1. The highest BCUT2D eigenvalue weighted by atomic mass is 32.1. The molecule has 2 rings (SSSR count). The monoisotopic (exact) mass is 180 g/mol. The second kappa shape index (κ2) is 3.08. The number of aromatic nitrogens is 1. The van der Waals surface area contributed by atoms with Crippen LogP contribution in [0.15, 0.2) is 27.4 Å². The van der Waals surface area contributed by atoms with Crippen LogP contribution in [0.5, 0.6) is 0 Å². The van der Waals surface area contributed by atoms with Crippen LogP contribution in [0.1, 0.15) is 5.76 Å². The van der Waals surface area contributed by atoms with Gasteiger partial charge in [-0.25, -0.2) is 4.98 Å². The molecule has 0 amide bonds. The van der Waals surface area contributed by atoms with Crippen molar-refractivity contribution in [3.05, 3.63) is 28.8 Å². The lowest BCUT2D eigenvalue weighted by Crippen LogP contribution is -1.92. The standard InChI is InChI=1S/C8H8N2OS/c9-3-6-1-2-8(11-6)7-4-12-5-10-7/h1-2,4-5H,3,9H2. The summed E-state index contributed by atoms with van der Waals surface area (Å²) in [6.07, 6.45) is 0. The molecule has 0 aromatic carbocycles. The van der Waals surface area contributed by atoms with E-state index >= 15 is 0 Å². The van der Waals surface area contributed by atoms with Gasteiger partial charge in [0.25, 0.3) is 0 Å². The Morgan fingerprint density at radius 1 is 1.50 bits per heavy atom. The SMILES string of the molecule is NCc1ccc(-c2cscn2)o1. The summed E-state index contributed by atoms with van der Waals surface area (Å²) >= 11 is 1.55. The van der Waals surface area contributed by atoms with Crippen molar-refractivity contribution in [3.8, 4) is 11.5 Å². The normalized spacial score (nSPS) is 10.4. The molecule has 0 unspecified atom stereocenters. The summed E-state index contributed by atoms with van der Waals surface area (Å²) in [6.45, 7) is 0.435. The van der Waals surface area contributed by atoms with Crippen molar-refractivity contribution in [2.24, 2.45) is 5.73 Å². The molecule has 2 heterocycles. The van der Waals surface area contributed by atoms with E-state index in [9.17, 15) is 0 Å². The molecule has 62 valence electrons. The fourth-order valence-electron chi connectivity index (χ4n) is 0.959. The van der Waals surface area contributed by atoms with Crippen LogP contribution in [0.4, 0.5) is 0 Å². The molecule has 0 bridgehead atoms. The summed E-state index contributed by atoms with van der Waals surface area (Å²) in [6, 6.07) is 3.76. The topological polar surface area (TPSA) is 52.0 Å². The fraction of sp³-hybridized carbons (Fsp3) is 0.125. The first-order valence-electron chi connectivity index (χ1n) is 3.57. The van der Waals surface area contributed by atoms with E-state index in [-0.39, 0.29) is 0 Å².